The number of esters is 1. The first-order valence-electron chi connectivity index (χ1n) is 5.87. The summed E-state index contributed by atoms with van der Waals surface area (Å²) in [6.45, 7) is 5.48. The van der Waals surface area contributed by atoms with Crippen LogP contribution in [0.25, 0.3) is 0 Å². The molecule has 2 rings (SSSR count). The van der Waals surface area contributed by atoms with Gasteiger partial charge in [-0.05, 0) is 31.9 Å². The lowest BCUT2D eigenvalue weighted by Gasteiger charge is -2.21. The van der Waals surface area contributed by atoms with E-state index in [1.807, 2.05) is 45.0 Å². The van der Waals surface area contributed by atoms with Gasteiger partial charge in [-0.1, -0.05) is 24.3 Å². The van der Waals surface area contributed by atoms with E-state index < -0.39 is 11.5 Å². The monoisotopic (exact) mass is 234 g/mol. The first kappa shape index (κ1) is 12.1. The third-order valence-corrected chi connectivity index (χ3v) is 3.00. The molecule has 3 nitrogen and oxygen atoms in total. The summed E-state index contributed by atoms with van der Waals surface area (Å²) in [6.07, 6.45) is -0.377. The molecule has 3 heteroatoms. The minimum Gasteiger partial charge on any atom is -0.457 e. The number of fused-ring (bicyclic) bond motifs is 1. The molecule has 2 atom stereocenters. The molecule has 0 aromatic heterocycles. The van der Waals surface area contributed by atoms with E-state index in [0.717, 1.165) is 11.1 Å². The van der Waals surface area contributed by atoms with Gasteiger partial charge in [0.15, 0.2) is 0 Å². The van der Waals surface area contributed by atoms with Gasteiger partial charge in [0.05, 0.1) is 11.5 Å². The van der Waals surface area contributed by atoms with Gasteiger partial charge >= 0.3 is 5.97 Å². The number of aliphatic hydroxyl groups excluding tert-OH is 1. The number of ether oxygens (including phenoxy) is 1. The molecule has 0 fully saturated rings. The van der Waals surface area contributed by atoms with Crippen LogP contribution in [0.2, 0.25) is 0 Å². The van der Waals surface area contributed by atoms with E-state index in [2.05, 4.69) is 0 Å². The third-order valence-electron chi connectivity index (χ3n) is 3.00. The zero-order valence-electron chi connectivity index (χ0n) is 10.4. The molecular weight excluding hydrogens is 216 g/mol. The lowest BCUT2D eigenvalue weighted by Crippen LogP contribution is -2.24. The first-order chi connectivity index (χ1) is 7.89. The zero-order valence-corrected chi connectivity index (χ0v) is 10.4. The van der Waals surface area contributed by atoms with Crippen LogP contribution in [0.3, 0.4) is 0 Å². The Morgan fingerprint density at radius 3 is 2.47 bits per heavy atom. The van der Waals surface area contributed by atoms with Gasteiger partial charge in [-0.3, -0.25) is 4.79 Å². The van der Waals surface area contributed by atoms with Crippen molar-refractivity contribution in [3.05, 3.63) is 35.4 Å². The van der Waals surface area contributed by atoms with Gasteiger partial charge in [0.2, 0.25) is 0 Å². The average Bonchev–Trinajstić information content (AvgIpc) is 2.56. The van der Waals surface area contributed by atoms with Crippen LogP contribution in [0.15, 0.2) is 24.3 Å². The van der Waals surface area contributed by atoms with Crippen molar-refractivity contribution in [2.24, 2.45) is 5.41 Å². The molecule has 0 saturated heterocycles. The summed E-state index contributed by atoms with van der Waals surface area (Å²) in [5.74, 6) is -0.230. The first-order valence-corrected chi connectivity index (χ1v) is 5.87. The Labute approximate surface area is 101 Å². The Hall–Kier alpha value is -1.35. The normalized spacial score (nSPS) is 23.3. The second kappa shape index (κ2) is 4.15. The fourth-order valence-electron chi connectivity index (χ4n) is 1.98. The van der Waals surface area contributed by atoms with Gasteiger partial charge in [-0.25, -0.2) is 0 Å². The molecule has 1 aliphatic carbocycles. The molecule has 0 radical (unpaired) electrons. The summed E-state index contributed by atoms with van der Waals surface area (Å²) in [6, 6.07) is 7.57. The van der Waals surface area contributed by atoms with Crippen molar-refractivity contribution in [1.82, 2.24) is 0 Å². The third kappa shape index (κ3) is 2.34. The van der Waals surface area contributed by atoms with E-state index >= 15 is 0 Å². The number of carbonyl (C=O) groups is 1. The molecule has 0 bridgehead atoms. The Kier molecular flexibility index (Phi) is 2.96. The van der Waals surface area contributed by atoms with Crippen LogP contribution in [-0.2, 0) is 9.53 Å². The van der Waals surface area contributed by atoms with Gasteiger partial charge in [0, 0.05) is 6.42 Å². The molecule has 17 heavy (non-hydrogen) atoms. The molecule has 1 aliphatic rings. The fourth-order valence-corrected chi connectivity index (χ4v) is 1.98. The summed E-state index contributed by atoms with van der Waals surface area (Å²) < 4.78 is 5.47. The molecule has 0 aliphatic heterocycles. The summed E-state index contributed by atoms with van der Waals surface area (Å²) >= 11 is 0. The van der Waals surface area contributed by atoms with E-state index in [1.54, 1.807) is 0 Å². The molecule has 1 N–H and O–H groups in total. The molecule has 1 aromatic rings. The van der Waals surface area contributed by atoms with Crippen LogP contribution in [-0.4, -0.2) is 11.1 Å². The SMILES string of the molecule is CC(C)(C)C(=O)O[C@@H]1C[C@H](O)c2ccccc21. The minimum absolute atomic E-state index is 0.230. The summed E-state index contributed by atoms with van der Waals surface area (Å²) in [7, 11) is 0. The highest BCUT2D eigenvalue weighted by Crippen LogP contribution is 2.41. The van der Waals surface area contributed by atoms with Crippen LogP contribution >= 0.6 is 0 Å². The second-order valence-corrected chi connectivity index (χ2v) is 5.52. The van der Waals surface area contributed by atoms with Crippen LogP contribution in [0.1, 0.15) is 50.5 Å². The molecule has 92 valence electrons. The maximum absolute atomic E-state index is 11.8. The summed E-state index contributed by atoms with van der Waals surface area (Å²) in [5, 5.41) is 9.88. The highest BCUT2D eigenvalue weighted by Gasteiger charge is 2.34. The number of carbonyl (C=O) groups excluding carboxylic acids is 1. The number of benzene rings is 1. The van der Waals surface area contributed by atoms with E-state index in [1.165, 1.54) is 0 Å². The van der Waals surface area contributed by atoms with Gasteiger partial charge in [0.1, 0.15) is 6.10 Å². The van der Waals surface area contributed by atoms with Gasteiger partial charge in [0.25, 0.3) is 0 Å². The van der Waals surface area contributed by atoms with Crippen LogP contribution in [0.4, 0.5) is 0 Å². The van der Waals surface area contributed by atoms with E-state index in [-0.39, 0.29) is 12.1 Å². The van der Waals surface area contributed by atoms with Gasteiger partial charge < -0.3 is 9.84 Å². The number of hydrogen-bond acceptors (Lipinski definition) is 3. The minimum atomic E-state index is -0.524. The Balaban J connectivity index is 2.18. The lowest BCUT2D eigenvalue weighted by atomic mass is 9.97. The quantitative estimate of drug-likeness (QED) is 0.760. The highest BCUT2D eigenvalue weighted by atomic mass is 16.5. The molecule has 0 spiro atoms. The summed E-state index contributed by atoms with van der Waals surface area (Å²) in [5.41, 5.74) is 1.29. The zero-order chi connectivity index (χ0) is 12.6. The topological polar surface area (TPSA) is 46.5 Å². The Morgan fingerprint density at radius 2 is 1.88 bits per heavy atom. The van der Waals surface area contributed by atoms with Gasteiger partial charge in [-0.15, -0.1) is 0 Å². The number of rotatable bonds is 1. The largest absolute Gasteiger partial charge is 0.457 e. The predicted molar refractivity (Wildman–Crippen MR) is 64.3 cm³/mol. The molecule has 0 amide bonds. The fraction of sp³-hybridized carbons (Fsp3) is 0.500. The van der Waals surface area contributed by atoms with E-state index in [9.17, 15) is 9.90 Å². The molecule has 0 saturated carbocycles. The van der Waals surface area contributed by atoms with Crippen molar-refractivity contribution in [3.8, 4) is 0 Å². The predicted octanol–water partition coefficient (Wildman–Crippen LogP) is 2.75. The average molecular weight is 234 g/mol. The number of aliphatic hydroxyl groups is 1. The van der Waals surface area contributed by atoms with E-state index in [0.29, 0.717) is 6.42 Å². The van der Waals surface area contributed by atoms with Crippen molar-refractivity contribution < 1.29 is 14.6 Å². The van der Waals surface area contributed by atoms with Crippen molar-refractivity contribution in [1.29, 1.82) is 0 Å². The Morgan fingerprint density at radius 1 is 1.29 bits per heavy atom. The van der Waals surface area contributed by atoms with Gasteiger partial charge in [-0.2, -0.15) is 0 Å². The van der Waals surface area contributed by atoms with Crippen molar-refractivity contribution >= 4 is 5.97 Å². The Bertz CT molecular complexity index is 431. The lowest BCUT2D eigenvalue weighted by molar-refractivity contribution is -0.159. The molecule has 0 heterocycles. The van der Waals surface area contributed by atoms with Crippen LogP contribution < -0.4 is 0 Å². The molecular formula is C14H18O3. The highest BCUT2D eigenvalue weighted by molar-refractivity contribution is 5.75. The smallest absolute Gasteiger partial charge is 0.311 e. The molecule has 0 unspecified atom stereocenters. The standard InChI is InChI=1S/C14H18O3/c1-14(2,3)13(16)17-12-8-11(15)9-6-4-5-7-10(9)12/h4-7,11-12,15H,8H2,1-3H3/t11-,12+/m0/s1. The van der Waals surface area contributed by atoms with Crippen LogP contribution in [0, 0.1) is 5.41 Å². The van der Waals surface area contributed by atoms with E-state index in [4.69, 9.17) is 4.74 Å². The maximum atomic E-state index is 11.8. The second-order valence-electron chi connectivity index (χ2n) is 5.52. The number of hydrogen-bond donors (Lipinski definition) is 1. The summed E-state index contributed by atoms with van der Waals surface area (Å²) in [4.78, 5) is 11.8. The van der Waals surface area contributed by atoms with Crippen molar-refractivity contribution in [2.75, 3.05) is 0 Å². The maximum Gasteiger partial charge on any atom is 0.311 e. The van der Waals surface area contributed by atoms with Crippen molar-refractivity contribution in [2.45, 2.75) is 39.4 Å². The molecule has 1 aromatic carbocycles. The van der Waals surface area contributed by atoms with Crippen molar-refractivity contribution in [3.63, 3.8) is 0 Å². The van der Waals surface area contributed by atoms with Crippen LogP contribution in [0.5, 0.6) is 0 Å².